The van der Waals surface area contributed by atoms with Crippen LogP contribution in [0.2, 0.25) is 0 Å². The fourth-order valence-electron chi connectivity index (χ4n) is 0.799. The van der Waals surface area contributed by atoms with E-state index in [0.717, 1.165) is 6.08 Å². The van der Waals surface area contributed by atoms with Crippen molar-refractivity contribution >= 4 is 5.91 Å². The highest BCUT2D eigenvalue weighted by atomic mass is 16.6. The van der Waals surface area contributed by atoms with Gasteiger partial charge in [0.05, 0.1) is 17.4 Å². The number of hydrogen-bond acceptors (Lipinski definition) is 4. The summed E-state index contributed by atoms with van der Waals surface area (Å²) in [6.45, 7) is 2.16. The molecule has 0 unspecified atom stereocenters. The number of carbonyl (C=O) groups excluding carboxylic acids is 1. The van der Waals surface area contributed by atoms with Crippen LogP contribution in [0.3, 0.4) is 0 Å². The van der Waals surface area contributed by atoms with Gasteiger partial charge in [-0.05, 0) is 6.92 Å². The molecule has 0 spiro atoms. The predicted molar refractivity (Wildman–Crippen MR) is 48.6 cm³/mol. The zero-order valence-corrected chi connectivity index (χ0v) is 7.82. The van der Waals surface area contributed by atoms with Crippen LogP contribution in [0, 0.1) is 21.4 Å². The molecule has 14 heavy (non-hydrogen) atoms. The van der Waals surface area contributed by atoms with Gasteiger partial charge in [0.1, 0.15) is 6.42 Å². The largest absolute Gasteiger partial charge is 0.356 e. The van der Waals surface area contributed by atoms with E-state index < -0.39 is 10.8 Å². The molecule has 6 heteroatoms. The molecule has 0 aromatic rings. The Kier molecular flexibility index (Phi) is 5.70. The Morgan fingerprint density at radius 3 is 2.79 bits per heavy atom. The summed E-state index contributed by atoms with van der Waals surface area (Å²) in [5, 5.41) is 21.0. The zero-order valence-electron chi connectivity index (χ0n) is 7.82. The van der Waals surface area contributed by atoms with E-state index in [2.05, 4.69) is 5.32 Å². The number of nitro groups is 1. The second-order valence-corrected chi connectivity index (χ2v) is 2.45. The number of amides is 1. The summed E-state index contributed by atoms with van der Waals surface area (Å²) in [5.41, 5.74) is -0.238. The molecule has 0 aromatic carbocycles. The molecule has 0 aliphatic carbocycles. The molecule has 6 nitrogen and oxygen atoms in total. The van der Waals surface area contributed by atoms with Crippen molar-refractivity contribution in [1.29, 1.82) is 5.26 Å². The van der Waals surface area contributed by atoms with Crippen molar-refractivity contribution in [2.24, 2.45) is 0 Å². The van der Waals surface area contributed by atoms with Gasteiger partial charge in [-0.15, -0.1) is 0 Å². The minimum absolute atomic E-state index is 0.0598. The van der Waals surface area contributed by atoms with Crippen molar-refractivity contribution in [3.63, 3.8) is 0 Å². The maximum absolute atomic E-state index is 11.0. The molecule has 1 N–H and O–H groups in total. The molecule has 0 saturated heterocycles. The molecule has 0 aromatic heterocycles. The number of nitriles is 1. The lowest BCUT2D eigenvalue weighted by atomic mass is 10.2. The van der Waals surface area contributed by atoms with Crippen LogP contribution in [0.4, 0.5) is 0 Å². The minimum Gasteiger partial charge on any atom is -0.356 e. The van der Waals surface area contributed by atoms with Gasteiger partial charge in [0.15, 0.2) is 0 Å². The maximum Gasteiger partial charge on any atom is 0.252 e. The number of nitrogens with one attached hydrogen (secondary N) is 1. The van der Waals surface area contributed by atoms with Crippen molar-refractivity contribution in [3.8, 4) is 6.07 Å². The first-order valence-electron chi connectivity index (χ1n) is 4.08. The molecule has 0 heterocycles. The van der Waals surface area contributed by atoms with E-state index in [-0.39, 0.29) is 18.5 Å². The molecule has 76 valence electrons. The third-order valence-electron chi connectivity index (χ3n) is 1.38. The first-order chi connectivity index (χ1) is 6.61. The van der Waals surface area contributed by atoms with E-state index in [9.17, 15) is 14.9 Å². The molecule has 1 amide bonds. The normalized spacial score (nSPS) is 10.4. The standard InChI is InChI=1S/C8H11N3O3/c1-2-10-8(12)6-7(11(13)14)4-3-5-9/h4H,2-3,6H2,1H3,(H,10,12)/b7-4-. The Hall–Kier alpha value is -1.90. The summed E-state index contributed by atoms with van der Waals surface area (Å²) in [4.78, 5) is 20.7. The minimum atomic E-state index is -0.646. The monoisotopic (exact) mass is 197 g/mol. The molecule has 0 saturated carbocycles. The third-order valence-corrected chi connectivity index (χ3v) is 1.38. The zero-order chi connectivity index (χ0) is 11.0. The number of nitrogens with zero attached hydrogens (tertiary/aromatic N) is 2. The molecular weight excluding hydrogens is 186 g/mol. The summed E-state index contributed by atoms with van der Waals surface area (Å²) in [7, 11) is 0. The van der Waals surface area contributed by atoms with Gasteiger partial charge < -0.3 is 5.32 Å². The summed E-state index contributed by atoms with van der Waals surface area (Å²) in [5.74, 6) is -0.409. The van der Waals surface area contributed by atoms with Gasteiger partial charge >= 0.3 is 0 Å². The van der Waals surface area contributed by atoms with E-state index in [4.69, 9.17) is 5.26 Å². The van der Waals surface area contributed by atoms with Crippen molar-refractivity contribution in [3.05, 3.63) is 21.9 Å². The lowest BCUT2D eigenvalue weighted by Crippen LogP contribution is -2.24. The smallest absolute Gasteiger partial charge is 0.252 e. The average molecular weight is 197 g/mol. The molecule has 0 bridgehead atoms. The quantitative estimate of drug-likeness (QED) is 0.515. The van der Waals surface area contributed by atoms with E-state index >= 15 is 0 Å². The lowest BCUT2D eigenvalue weighted by molar-refractivity contribution is -0.426. The Labute approximate surface area is 81.4 Å². The highest BCUT2D eigenvalue weighted by Gasteiger charge is 2.14. The average Bonchev–Trinajstić information content (AvgIpc) is 2.12. The SMILES string of the molecule is CCNC(=O)C/C(=C/CC#N)[N+](=O)[O-]. The van der Waals surface area contributed by atoms with Crippen LogP contribution in [-0.2, 0) is 4.79 Å². The van der Waals surface area contributed by atoms with Crippen molar-refractivity contribution in [2.75, 3.05) is 6.54 Å². The third kappa shape index (κ3) is 4.87. The van der Waals surface area contributed by atoms with Gasteiger partial charge in [-0.25, -0.2) is 0 Å². The van der Waals surface area contributed by atoms with Gasteiger partial charge in [-0.2, -0.15) is 5.26 Å². The summed E-state index contributed by atoms with van der Waals surface area (Å²) >= 11 is 0. The first kappa shape index (κ1) is 12.1. The van der Waals surface area contributed by atoms with Crippen LogP contribution in [0.5, 0.6) is 0 Å². The molecule has 0 aliphatic heterocycles. The Bertz CT molecular complexity index is 291. The van der Waals surface area contributed by atoms with Crippen LogP contribution < -0.4 is 5.32 Å². The van der Waals surface area contributed by atoms with Crippen LogP contribution in [0.25, 0.3) is 0 Å². The number of hydrogen-bond donors (Lipinski definition) is 1. The summed E-state index contributed by atoms with van der Waals surface area (Å²) in [6, 6.07) is 1.75. The van der Waals surface area contributed by atoms with E-state index in [1.165, 1.54) is 0 Å². The first-order valence-corrected chi connectivity index (χ1v) is 4.08. The topological polar surface area (TPSA) is 96.0 Å². The van der Waals surface area contributed by atoms with Crippen LogP contribution in [-0.4, -0.2) is 17.4 Å². The van der Waals surface area contributed by atoms with Crippen molar-refractivity contribution in [2.45, 2.75) is 19.8 Å². The molecule has 0 aliphatic rings. The number of allylic oxidation sites excluding steroid dienone is 1. The summed E-state index contributed by atoms with van der Waals surface area (Å²) < 4.78 is 0. The van der Waals surface area contributed by atoms with Gasteiger partial charge in [0, 0.05) is 12.6 Å². The van der Waals surface area contributed by atoms with Gasteiger partial charge in [0.2, 0.25) is 5.91 Å². The maximum atomic E-state index is 11.0. The van der Waals surface area contributed by atoms with Gasteiger partial charge in [0.25, 0.3) is 5.70 Å². The second kappa shape index (κ2) is 6.60. The highest BCUT2D eigenvalue weighted by Crippen LogP contribution is 2.03. The van der Waals surface area contributed by atoms with Gasteiger partial charge in [-0.3, -0.25) is 14.9 Å². The Balaban J connectivity index is 4.32. The Morgan fingerprint density at radius 1 is 1.71 bits per heavy atom. The van der Waals surface area contributed by atoms with E-state index in [1.807, 2.05) is 0 Å². The fraction of sp³-hybridized carbons (Fsp3) is 0.500. The van der Waals surface area contributed by atoms with Crippen LogP contribution in [0.1, 0.15) is 19.8 Å². The van der Waals surface area contributed by atoms with Crippen LogP contribution in [0.15, 0.2) is 11.8 Å². The van der Waals surface area contributed by atoms with Gasteiger partial charge in [-0.1, -0.05) is 0 Å². The molecule has 0 radical (unpaired) electrons. The number of carbonyl (C=O) groups is 1. The lowest BCUT2D eigenvalue weighted by Gasteiger charge is -1.99. The fourth-order valence-corrected chi connectivity index (χ4v) is 0.799. The highest BCUT2D eigenvalue weighted by molar-refractivity contribution is 5.77. The van der Waals surface area contributed by atoms with E-state index in [0.29, 0.717) is 6.54 Å². The van der Waals surface area contributed by atoms with E-state index in [1.54, 1.807) is 13.0 Å². The van der Waals surface area contributed by atoms with Crippen molar-refractivity contribution in [1.82, 2.24) is 5.32 Å². The second-order valence-electron chi connectivity index (χ2n) is 2.45. The number of rotatable bonds is 5. The van der Waals surface area contributed by atoms with Crippen LogP contribution >= 0.6 is 0 Å². The molecule has 0 atom stereocenters. The molecular formula is C8H11N3O3. The summed E-state index contributed by atoms with van der Waals surface area (Å²) in [6.07, 6.45) is 0.799. The Morgan fingerprint density at radius 2 is 2.36 bits per heavy atom. The van der Waals surface area contributed by atoms with Crippen molar-refractivity contribution < 1.29 is 9.72 Å². The molecule has 0 rings (SSSR count). The predicted octanol–water partition coefficient (Wildman–Crippen LogP) is 0.587. The molecule has 0 fully saturated rings.